The van der Waals surface area contributed by atoms with Crippen molar-refractivity contribution in [3.8, 4) is 0 Å². The number of carbonyl (C=O) groups excluding carboxylic acids is 2. The van der Waals surface area contributed by atoms with Crippen LogP contribution in [0.15, 0.2) is 43.2 Å². The van der Waals surface area contributed by atoms with Gasteiger partial charge in [-0.15, -0.1) is 0 Å². The molecule has 3 N–H and O–H groups in total. The van der Waals surface area contributed by atoms with Gasteiger partial charge in [-0.3, -0.25) is 14.6 Å². The van der Waals surface area contributed by atoms with Crippen LogP contribution in [0.25, 0.3) is 17.0 Å². The summed E-state index contributed by atoms with van der Waals surface area (Å²) < 4.78 is 0. The van der Waals surface area contributed by atoms with Crippen molar-refractivity contribution >= 4 is 34.5 Å². The molecule has 0 aliphatic carbocycles. The molecular weight excluding hydrogens is 400 g/mol. The number of hydrogen-bond donors (Lipinski definition) is 3. The number of H-pyrrole nitrogens is 1. The van der Waals surface area contributed by atoms with E-state index in [-0.39, 0.29) is 17.7 Å². The summed E-state index contributed by atoms with van der Waals surface area (Å²) in [6, 6.07) is 7.47. The Bertz CT molecular complexity index is 1070. The normalized spacial score (nSPS) is 11.3. The summed E-state index contributed by atoms with van der Waals surface area (Å²) in [5.74, 6) is -0.216. The van der Waals surface area contributed by atoms with Crippen LogP contribution in [0.3, 0.4) is 0 Å². The van der Waals surface area contributed by atoms with E-state index in [1.165, 1.54) is 0 Å². The molecule has 3 aromatic rings. The minimum atomic E-state index is -0.206. The van der Waals surface area contributed by atoms with Gasteiger partial charge in [0.1, 0.15) is 0 Å². The summed E-state index contributed by atoms with van der Waals surface area (Å²) in [5.41, 5.74) is 4.88. The largest absolute Gasteiger partial charge is 0.358 e. The van der Waals surface area contributed by atoms with Crippen molar-refractivity contribution in [1.82, 2.24) is 15.3 Å². The van der Waals surface area contributed by atoms with E-state index in [9.17, 15) is 9.59 Å². The zero-order chi connectivity index (χ0) is 23.7. The number of rotatable bonds is 8. The lowest BCUT2D eigenvalue weighted by atomic mass is 9.94. The summed E-state index contributed by atoms with van der Waals surface area (Å²) in [5, 5.41) is 6.48. The van der Waals surface area contributed by atoms with E-state index in [2.05, 4.69) is 34.1 Å². The van der Waals surface area contributed by atoms with E-state index in [1.807, 2.05) is 39.0 Å². The monoisotopic (exact) mass is 434 g/mol. The predicted molar refractivity (Wildman–Crippen MR) is 133 cm³/mol. The lowest BCUT2D eigenvalue weighted by Crippen LogP contribution is -2.19. The van der Waals surface area contributed by atoms with Gasteiger partial charge in [-0.05, 0) is 42.5 Å². The van der Waals surface area contributed by atoms with Crippen LogP contribution >= 0.6 is 0 Å². The summed E-state index contributed by atoms with van der Waals surface area (Å²) in [6.07, 6.45) is 7.26. The molecule has 0 fully saturated rings. The van der Waals surface area contributed by atoms with E-state index in [1.54, 1.807) is 31.6 Å². The van der Waals surface area contributed by atoms with Gasteiger partial charge < -0.3 is 15.6 Å². The number of nitrogens with one attached hydrogen (secondary N) is 3. The molecule has 6 nitrogen and oxygen atoms in total. The molecule has 0 saturated heterocycles. The molecule has 0 spiro atoms. The second-order valence-electron chi connectivity index (χ2n) is 7.24. The van der Waals surface area contributed by atoms with Gasteiger partial charge in [0.05, 0.1) is 5.56 Å². The van der Waals surface area contributed by atoms with Gasteiger partial charge >= 0.3 is 0 Å². The first-order chi connectivity index (χ1) is 15.5. The summed E-state index contributed by atoms with van der Waals surface area (Å²) in [6.45, 7) is 12.0. The fourth-order valence-corrected chi connectivity index (χ4v) is 3.85. The van der Waals surface area contributed by atoms with Crippen LogP contribution in [0, 0.1) is 0 Å². The van der Waals surface area contributed by atoms with E-state index in [0.717, 1.165) is 40.6 Å². The van der Waals surface area contributed by atoms with Crippen LogP contribution in [0.1, 0.15) is 73.6 Å². The summed E-state index contributed by atoms with van der Waals surface area (Å²) >= 11 is 0. The maximum atomic E-state index is 12.8. The molecule has 1 unspecified atom stereocenters. The lowest BCUT2D eigenvalue weighted by molar-refractivity contribution is -0.116. The molecule has 32 heavy (non-hydrogen) atoms. The molecule has 1 aromatic carbocycles. The molecule has 2 amide bonds. The molecule has 0 bridgehead atoms. The van der Waals surface area contributed by atoms with Crippen LogP contribution in [0.5, 0.6) is 0 Å². The highest BCUT2D eigenvalue weighted by Gasteiger charge is 2.19. The van der Waals surface area contributed by atoms with Crippen LogP contribution in [0.2, 0.25) is 0 Å². The molecule has 2 heterocycles. The van der Waals surface area contributed by atoms with E-state index in [4.69, 9.17) is 0 Å². The zero-order valence-corrected chi connectivity index (χ0v) is 19.7. The molecule has 1 atom stereocenters. The molecule has 2 aromatic heterocycles. The SMILES string of the molecule is C=Cc1c(CC)[nH]c2cc(NC(=O)CC(CC)c3cccnc3)cc(C(=O)NC)c12.CC. The quantitative estimate of drug-likeness (QED) is 0.426. The minimum Gasteiger partial charge on any atom is -0.358 e. The van der Waals surface area contributed by atoms with Crippen molar-refractivity contribution in [2.75, 3.05) is 12.4 Å². The Morgan fingerprint density at radius 3 is 2.56 bits per heavy atom. The van der Waals surface area contributed by atoms with Crippen molar-refractivity contribution in [2.24, 2.45) is 0 Å². The van der Waals surface area contributed by atoms with Crippen molar-refractivity contribution in [1.29, 1.82) is 0 Å². The molecule has 0 saturated carbocycles. The molecule has 170 valence electrons. The third-order valence-corrected chi connectivity index (χ3v) is 5.41. The topological polar surface area (TPSA) is 86.9 Å². The van der Waals surface area contributed by atoms with Crippen molar-refractivity contribution in [3.05, 3.63) is 65.6 Å². The zero-order valence-electron chi connectivity index (χ0n) is 19.7. The maximum Gasteiger partial charge on any atom is 0.251 e. The summed E-state index contributed by atoms with van der Waals surface area (Å²) in [7, 11) is 1.60. The van der Waals surface area contributed by atoms with E-state index in [0.29, 0.717) is 17.7 Å². The Balaban J connectivity index is 0.00000176. The van der Waals surface area contributed by atoms with Crippen molar-refractivity contribution < 1.29 is 9.59 Å². The van der Waals surface area contributed by atoms with Gasteiger partial charge in [-0.25, -0.2) is 0 Å². The first-order valence-corrected chi connectivity index (χ1v) is 11.2. The Hall–Kier alpha value is -3.41. The highest BCUT2D eigenvalue weighted by Crippen LogP contribution is 2.31. The molecule has 0 radical (unpaired) electrons. The molecule has 0 aliphatic heterocycles. The lowest BCUT2D eigenvalue weighted by Gasteiger charge is -2.15. The number of benzene rings is 1. The second-order valence-corrected chi connectivity index (χ2v) is 7.24. The van der Waals surface area contributed by atoms with Crippen LogP contribution in [0.4, 0.5) is 5.69 Å². The Morgan fingerprint density at radius 2 is 2.00 bits per heavy atom. The average Bonchev–Trinajstić information content (AvgIpc) is 3.20. The fourth-order valence-electron chi connectivity index (χ4n) is 3.85. The Morgan fingerprint density at radius 1 is 1.25 bits per heavy atom. The predicted octanol–water partition coefficient (Wildman–Crippen LogP) is 5.68. The number of aryl methyl sites for hydroxylation is 1. The number of fused-ring (bicyclic) bond motifs is 1. The fraction of sp³-hybridized carbons (Fsp3) is 0.346. The average molecular weight is 435 g/mol. The number of pyridine rings is 1. The number of hydrogen-bond acceptors (Lipinski definition) is 3. The maximum absolute atomic E-state index is 12.8. The van der Waals surface area contributed by atoms with E-state index >= 15 is 0 Å². The number of carbonyl (C=O) groups is 2. The molecular formula is C26H34N4O2. The van der Waals surface area contributed by atoms with Gasteiger partial charge in [-0.1, -0.05) is 46.4 Å². The third kappa shape index (κ3) is 5.44. The number of anilines is 1. The van der Waals surface area contributed by atoms with Gasteiger partial charge in [0.15, 0.2) is 0 Å². The van der Waals surface area contributed by atoms with Gasteiger partial charge in [-0.2, -0.15) is 0 Å². The van der Waals surface area contributed by atoms with Gasteiger partial charge in [0.2, 0.25) is 5.91 Å². The minimum absolute atomic E-state index is 0.0883. The molecule has 3 rings (SSSR count). The smallest absolute Gasteiger partial charge is 0.251 e. The third-order valence-electron chi connectivity index (χ3n) is 5.41. The van der Waals surface area contributed by atoms with Crippen LogP contribution < -0.4 is 10.6 Å². The highest BCUT2D eigenvalue weighted by molar-refractivity contribution is 6.11. The number of amides is 2. The highest BCUT2D eigenvalue weighted by atomic mass is 16.2. The Kier molecular flexibility index (Phi) is 9.20. The van der Waals surface area contributed by atoms with Gasteiger partial charge in [0, 0.05) is 53.7 Å². The second kappa shape index (κ2) is 11.8. The van der Waals surface area contributed by atoms with Crippen LogP contribution in [-0.2, 0) is 11.2 Å². The Labute approximate surface area is 190 Å². The number of aromatic nitrogens is 2. The summed E-state index contributed by atoms with van der Waals surface area (Å²) in [4.78, 5) is 32.9. The van der Waals surface area contributed by atoms with Crippen LogP contribution in [-0.4, -0.2) is 28.8 Å². The first kappa shape index (κ1) is 24.9. The first-order valence-electron chi connectivity index (χ1n) is 11.2. The molecule has 6 heteroatoms. The standard InChI is InChI=1S/C24H28N4O2.C2H6/c1-5-15(16-9-8-10-26-14-16)11-22(29)27-17-12-19(24(30)25-4)23-18(6-2)20(7-3)28-21(23)13-17;1-2/h6,8-10,12-15,28H,2,5,7,11H2,1,3-4H3,(H,25,30)(H,27,29);1-2H3. The van der Waals surface area contributed by atoms with Gasteiger partial charge in [0.25, 0.3) is 5.91 Å². The molecule has 0 aliphatic rings. The van der Waals surface area contributed by atoms with E-state index < -0.39 is 0 Å². The van der Waals surface area contributed by atoms with Crippen molar-refractivity contribution in [3.63, 3.8) is 0 Å². The number of aromatic amines is 1. The van der Waals surface area contributed by atoms with Crippen molar-refractivity contribution in [2.45, 2.75) is 52.9 Å². The number of nitrogens with zero attached hydrogens (tertiary/aromatic N) is 1.